The molecule has 3 rings (SSSR count). The lowest BCUT2D eigenvalue weighted by Gasteiger charge is -2.03. The van der Waals surface area contributed by atoms with Crippen molar-refractivity contribution in [2.45, 2.75) is 6.61 Å². The Kier molecular flexibility index (Phi) is 6.04. The zero-order valence-corrected chi connectivity index (χ0v) is 15.7. The van der Waals surface area contributed by atoms with Crippen molar-refractivity contribution in [3.05, 3.63) is 92.8 Å². The molecule has 0 amide bonds. The van der Waals surface area contributed by atoms with Crippen LogP contribution in [0.2, 0.25) is 15.1 Å². The molecule has 1 aromatic heterocycles. The van der Waals surface area contributed by atoms with Crippen LogP contribution in [-0.4, -0.2) is 5.78 Å². The summed E-state index contributed by atoms with van der Waals surface area (Å²) >= 11 is 17.7. The van der Waals surface area contributed by atoms with Crippen molar-refractivity contribution < 1.29 is 13.9 Å². The Balaban J connectivity index is 1.61. The number of ether oxygens (including phenoxy) is 1. The van der Waals surface area contributed by atoms with E-state index in [1.54, 1.807) is 42.5 Å². The molecule has 0 radical (unpaired) electrons. The Morgan fingerprint density at radius 1 is 1.00 bits per heavy atom. The van der Waals surface area contributed by atoms with Gasteiger partial charge in [0.2, 0.25) is 0 Å². The molecule has 0 aliphatic rings. The molecule has 132 valence electrons. The van der Waals surface area contributed by atoms with Gasteiger partial charge in [-0.3, -0.25) is 4.79 Å². The van der Waals surface area contributed by atoms with Crippen LogP contribution in [0.5, 0.6) is 5.75 Å². The third kappa shape index (κ3) is 4.92. The summed E-state index contributed by atoms with van der Waals surface area (Å²) in [6.07, 6.45) is 3.01. The summed E-state index contributed by atoms with van der Waals surface area (Å²) in [5.74, 6) is 1.63. The van der Waals surface area contributed by atoms with Crippen LogP contribution in [0.4, 0.5) is 0 Å². The number of carbonyl (C=O) groups excluding carboxylic acids is 1. The molecule has 2 aromatic carbocycles. The fraction of sp³-hybridized carbons (Fsp3) is 0.0500. The Bertz CT molecular complexity index is 960. The van der Waals surface area contributed by atoms with Gasteiger partial charge in [-0.25, -0.2) is 0 Å². The predicted octanol–water partition coefficient (Wildman–Crippen LogP) is 6.71. The Labute approximate surface area is 165 Å². The van der Waals surface area contributed by atoms with E-state index in [1.165, 1.54) is 12.1 Å². The number of hydrogen-bond acceptors (Lipinski definition) is 3. The van der Waals surface area contributed by atoms with Gasteiger partial charge in [0.25, 0.3) is 0 Å². The van der Waals surface area contributed by atoms with E-state index >= 15 is 0 Å². The second-order valence-corrected chi connectivity index (χ2v) is 6.63. The van der Waals surface area contributed by atoms with Crippen LogP contribution in [0.25, 0.3) is 6.08 Å². The number of allylic oxidation sites excluding steroid dienone is 1. The monoisotopic (exact) mass is 406 g/mol. The molecule has 0 aliphatic heterocycles. The van der Waals surface area contributed by atoms with Crippen molar-refractivity contribution in [2.75, 3.05) is 0 Å². The SMILES string of the molecule is O=C(/C=C/c1ccc(COc2cccc(Cl)c2)o1)c1ccc(Cl)c(Cl)c1. The second-order valence-electron chi connectivity index (χ2n) is 5.38. The highest BCUT2D eigenvalue weighted by atomic mass is 35.5. The molecule has 0 N–H and O–H groups in total. The molecular weight excluding hydrogens is 395 g/mol. The third-order valence-electron chi connectivity index (χ3n) is 3.46. The van der Waals surface area contributed by atoms with E-state index in [0.717, 1.165) is 0 Å². The lowest BCUT2D eigenvalue weighted by molar-refractivity contribution is 0.104. The standard InChI is InChI=1S/C20H13Cl3O3/c21-14-2-1-3-16(11-14)25-12-17-6-5-15(26-17)7-9-20(24)13-4-8-18(22)19(23)10-13/h1-11H,12H2/b9-7+. The quantitative estimate of drug-likeness (QED) is 0.336. The van der Waals surface area contributed by atoms with E-state index < -0.39 is 0 Å². The highest BCUT2D eigenvalue weighted by Crippen LogP contribution is 2.23. The lowest BCUT2D eigenvalue weighted by atomic mass is 10.1. The molecule has 26 heavy (non-hydrogen) atoms. The maximum Gasteiger partial charge on any atom is 0.186 e. The lowest BCUT2D eigenvalue weighted by Crippen LogP contribution is -1.94. The summed E-state index contributed by atoms with van der Waals surface area (Å²) in [4.78, 5) is 12.2. The minimum Gasteiger partial charge on any atom is -0.486 e. The van der Waals surface area contributed by atoms with Crippen LogP contribution in [0, 0.1) is 0 Å². The number of furan rings is 1. The summed E-state index contributed by atoms with van der Waals surface area (Å²) in [6, 6.07) is 15.4. The summed E-state index contributed by atoms with van der Waals surface area (Å²) in [5.41, 5.74) is 0.451. The maximum atomic E-state index is 12.2. The molecule has 0 atom stereocenters. The molecule has 0 aliphatic carbocycles. The zero-order chi connectivity index (χ0) is 18.5. The number of halogens is 3. The second kappa shape index (κ2) is 8.45. The molecule has 6 heteroatoms. The molecule has 3 aromatic rings. The van der Waals surface area contributed by atoms with E-state index in [0.29, 0.717) is 37.9 Å². The Morgan fingerprint density at radius 3 is 2.62 bits per heavy atom. The van der Waals surface area contributed by atoms with Gasteiger partial charge in [0.15, 0.2) is 5.78 Å². The third-order valence-corrected chi connectivity index (χ3v) is 4.44. The number of ketones is 1. The average molecular weight is 408 g/mol. The van der Waals surface area contributed by atoms with E-state index in [1.807, 2.05) is 12.1 Å². The molecule has 0 bridgehead atoms. The predicted molar refractivity (Wildman–Crippen MR) is 104 cm³/mol. The first-order valence-corrected chi connectivity index (χ1v) is 8.79. The molecule has 0 unspecified atom stereocenters. The van der Waals surface area contributed by atoms with Crippen LogP contribution in [-0.2, 0) is 6.61 Å². The summed E-state index contributed by atoms with van der Waals surface area (Å²) in [6.45, 7) is 0.259. The molecule has 3 nitrogen and oxygen atoms in total. The van der Waals surface area contributed by atoms with Crippen LogP contribution in [0.1, 0.15) is 21.9 Å². The molecule has 0 spiro atoms. The topological polar surface area (TPSA) is 39.4 Å². The summed E-state index contributed by atoms with van der Waals surface area (Å²) in [5, 5.41) is 1.35. The van der Waals surface area contributed by atoms with Gasteiger partial charge >= 0.3 is 0 Å². The van der Waals surface area contributed by atoms with Gasteiger partial charge in [-0.15, -0.1) is 0 Å². The van der Waals surface area contributed by atoms with Crippen LogP contribution in [0.3, 0.4) is 0 Å². The highest BCUT2D eigenvalue weighted by Gasteiger charge is 2.06. The fourth-order valence-corrected chi connectivity index (χ4v) is 2.65. The van der Waals surface area contributed by atoms with Crippen LogP contribution >= 0.6 is 34.8 Å². The minimum atomic E-state index is -0.198. The van der Waals surface area contributed by atoms with Gasteiger partial charge in [0, 0.05) is 10.6 Å². The van der Waals surface area contributed by atoms with Crippen molar-refractivity contribution in [2.24, 2.45) is 0 Å². The number of rotatable bonds is 6. The van der Waals surface area contributed by atoms with E-state index in [2.05, 4.69) is 0 Å². The number of benzene rings is 2. The van der Waals surface area contributed by atoms with E-state index in [4.69, 9.17) is 44.0 Å². The van der Waals surface area contributed by atoms with Crippen molar-refractivity contribution >= 4 is 46.7 Å². The average Bonchev–Trinajstić information content (AvgIpc) is 3.08. The largest absolute Gasteiger partial charge is 0.486 e. The molecular formula is C20H13Cl3O3. The summed E-state index contributed by atoms with van der Waals surface area (Å²) < 4.78 is 11.2. The van der Waals surface area contributed by atoms with E-state index in [9.17, 15) is 4.79 Å². The van der Waals surface area contributed by atoms with E-state index in [-0.39, 0.29) is 12.4 Å². The van der Waals surface area contributed by atoms with Gasteiger partial charge in [-0.1, -0.05) is 40.9 Å². The molecule has 0 saturated carbocycles. The van der Waals surface area contributed by atoms with Gasteiger partial charge in [0.1, 0.15) is 23.9 Å². The highest BCUT2D eigenvalue weighted by molar-refractivity contribution is 6.42. The first kappa shape index (κ1) is 18.6. The fourth-order valence-electron chi connectivity index (χ4n) is 2.18. The molecule has 0 fully saturated rings. The van der Waals surface area contributed by atoms with Crippen LogP contribution < -0.4 is 4.74 Å². The Hall–Kier alpha value is -2.20. The molecule has 0 saturated heterocycles. The van der Waals surface area contributed by atoms with Crippen molar-refractivity contribution in [3.8, 4) is 5.75 Å². The number of carbonyl (C=O) groups is 1. The summed E-state index contributed by atoms with van der Waals surface area (Å²) in [7, 11) is 0. The normalized spacial score (nSPS) is 11.0. The smallest absolute Gasteiger partial charge is 0.186 e. The first-order valence-electron chi connectivity index (χ1n) is 7.66. The molecule has 1 heterocycles. The van der Waals surface area contributed by atoms with Crippen molar-refractivity contribution in [1.82, 2.24) is 0 Å². The van der Waals surface area contributed by atoms with Crippen molar-refractivity contribution in [1.29, 1.82) is 0 Å². The maximum absolute atomic E-state index is 12.2. The Morgan fingerprint density at radius 2 is 1.85 bits per heavy atom. The minimum absolute atomic E-state index is 0.198. The first-order chi connectivity index (χ1) is 12.5. The van der Waals surface area contributed by atoms with Gasteiger partial charge in [-0.2, -0.15) is 0 Å². The van der Waals surface area contributed by atoms with Crippen LogP contribution in [0.15, 0.2) is 65.1 Å². The van der Waals surface area contributed by atoms with Gasteiger partial charge in [0.05, 0.1) is 10.0 Å². The zero-order valence-electron chi connectivity index (χ0n) is 13.4. The van der Waals surface area contributed by atoms with Crippen molar-refractivity contribution in [3.63, 3.8) is 0 Å². The number of hydrogen-bond donors (Lipinski definition) is 0. The van der Waals surface area contributed by atoms with Gasteiger partial charge < -0.3 is 9.15 Å². The van der Waals surface area contributed by atoms with Gasteiger partial charge in [-0.05, 0) is 60.7 Å².